The minimum Gasteiger partial charge on any atom is -0.393 e. The van der Waals surface area contributed by atoms with Crippen LogP contribution in [0.25, 0.3) is 0 Å². The van der Waals surface area contributed by atoms with E-state index in [1.807, 2.05) is 0 Å². The van der Waals surface area contributed by atoms with E-state index < -0.39 is 12.2 Å². The lowest BCUT2D eigenvalue weighted by molar-refractivity contribution is -0.207. The maximum absolute atomic E-state index is 10.2. The molecule has 1 saturated heterocycles. The number of rotatable bonds is 2. The summed E-state index contributed by atoms with van der Waals surface area (Å²) in [5.74, 6) is 1.23. The fourth-order valence-electron chi connectivity index (χ4n) is 7.55. The lowest BCUT2D eigenvalue weighted by Gasteiger charge is -2.53. The molecule has 0 radical (unpaired) electrons. The van der Waals surface area contributed by atoms with E-state index in [0.29, 0.717) is 30.1 Å². The van der Waals surface area contributed by atoms with Crippen LogP contribution >= 0.6 is 0 Å². The summed E-state index contributed by atoms with van der Waals surface area (Å²) >= 11 is 0. The molecule has 3 aliphatic carbocycles. The number of fused-ring (bicyclic) bond motifs is 1. The van der Waals surface area contributed by atoms with Gasteiger partial charge in [-0.1, -0.05) is 31.2 Å². The lowest BCUT2D eigenvalue weighted by Crippen LogP contribution is -2.52. The van der Waals surface area contributed by atoms with Crippen molar-refractivity contribution in [2.75, 3.05) is 0 Å². The lowest BCUT2D eigenvalue weighted by atomic mass is 9.59. The molecule has 0 aromatic carbocycles. The van der Waals surface area contributed by atoms with Crippen molar-refractivity contribution in [1.29, 1.82) is 0 Å². The summed E-state index contributed by atoms with van der Waals surface area (Å²) in [6, 6.07) is 0. The molecule has 0 aromatic heterocycles. The van der Waals surface area contributed by atoms with E-state index in [1.165, 1.54) is 38.5 Å². The average Bonchev–Trinajstić information content (AvgIpc) is 3.00. The Bertz CT molecular complexity index is 747. The first-order valence-corrected chi connectivity index (χ1v) is 12.2. The molecule has 4 rings (SSSR count). The molecular formula is C27H42O3. The van der Waals surface area contributed by atoms with E-state index in [4.69, 9.17) is 4.74 Å². The Labute approximate surface area is 183 Å². The Morgan fingerprint density at radius 1 is 1.00 bits per heavy atom. The van der Waals surface area contributed by atoms with Crippen LogP contribution in [0.3, 0.4) is 0 Å². The van der Waals surface area contributed by atoms with E-state index in [2.05, 4.69) is 46.4 Å². The van der Waals surface area contributed by atoms with Gasteiger partial charge in [-0.15, -0.1) is 0 Å². The molecule has 168 valence electrons. The van der Waals surface area contributed by atoms with Crippen LogP contribution in [0.15, 0.2) is 35.5 Å². The number of aliphatic hydroxyl groups is 2. The van der Waals surface area contributed by atoms with Gasteiger partial charge in [-0.3, -0.25) is 0 Å². The first-order valence-electron chi connectivity index (χ1n) is 12.2. The molecule has 3 saturated carbocycles. The van der Waals surface area contributed by atoms with Gasteiger partial charge >= 0.3 is 0 Å². The Morgan fingerprint density at radius 2 is 1.77 bits per heavy atom. The van der Waals surface area contributed by atoms with Gasteiger partial charge in [0.2, 0.25) is 0 Å². The molecule has 6 atom stereocenters. The first kappa shape index (κ1) is 22.3. The second-order valence-corrected chi connectivity index (χ2v) is 11.6. The van der Waals surface area contributed by atoms with Crippen LogP contribution in [-0.2, 0) is 4.74 Å². The van der Waals surface area contributed by atoms with E-state index in [0.717, 1.165) is 24.0 Å². The van der Waals surface area contributed by atoms with Crippen molar-refractivity contribution in [2.45, 2.75) is 115 Å². The zero-order valence-electron chi connectivity index (χ0n) is 19.5. The summed E-state index contributed by atoms with van der Waals surface area (Å²) in [4.78, 5) is 0. The normalized spacial score (nSPS) is 46.9. The summed E-state index contributed by atoms with van der Waals surface area (Å²) in [7, 11) is 0. The summed E-state index contributed by atoms with van der Waals surface area (Å²) < 4.78 is 6.79. The number of hydrogen-bond donors (Lipinski definition) is 2. The molecule has 0 bridgehead atoms. The zero-order chi connectivity index (χ0) is 21.7. The van der Waals surface area contributed by atoms with E-state index in [9.17, 15) is 10.2 Å². The highest BCUT2D eigenvalue weighted by Crippen LogP contribution is 2.62. The van der Waals surface area contributed by atoms with Crippen LogP contribution in [0.2, 0.25) is 0 Å². The first-order chi connectivity index (χ1) is 14.0. The van der Waals surface area contributed by atoms with Gasteiger partial charge in [-0.05, 0) is 107 Å². The van der Waals surface area contributed by atoms with Gasteiger partial charge in [-0.25, -0.2) is 0 Å². The topological polar surface area (TPSA) is 49.7 Å². The van der Waals surface area contributed by atoms with Crippen molar-refractivity contribution < 1.29 is 14.9 Å². The zero-order valence-corrected chi connectivity index (χ0v) is 19.5. The maximum Gasteiger partial charge on any atom is 0.0811 e. The van der Waals surface area contributed by atoms with E-state index in [1.54, 1.807) is 5.57 Å². The molecule has 0 amide bonds. The van der Waals surface area contributed by atoms with Crippen LogP contribution in [0, 0.1) is 17.3 Å². The molecule has 3 nitrogen and oxygen atoms in total. The Hall–Kier alpha value is -0.900. The third-order valence-electron chi connectivity index (χ3n) is 8.93. The molecular weight excluding hydrogens is 372 g/mol. The third-order valence-corrected chi connectivity index (χ3v) is 8.93. The third kappa shape index (κ3) is 3.98. The SMILES string of the molecule is C=C1/C(=C\C=C2/CCC[C@@]3(C)[C@H]2CC[C@@H]3[C@]2(C)CCCC(C)(C)O2)C[C@H](O)C[C@@H]1O. The van der Waals surface area contributed by atoms with Gasteiger partial charge in [0, 0.05) is 6.42 Å². The van der Waals surface area contributed by atoms with Crippen molar-refractivity contribution in [1.82, 2.24) is 0 Å². The Morgan fingerprint density at radius 3 is 2.50 bits per heavy atom. The highest BCUT2D eigenvalue weighted by atomic mass is 16.5. The fourth-order valence-corrected chi connectivity index (χ4v) is 7.55. The second-order valence-electron chi connectivity index (χ2n) is 11.6. The average molecular weight is 415 g/mol. The molecule has 4 aliphatic rings. The van der Waals surface area contributed by atoms with Crippen molar-refractivity contribution in [3.63, 3.8) is 0 Å². The number of allylic oxidation sites excluding steroid dienone is 3. The van der Waals surface area contributed by atoms with Gasteiger partial charge in [0.05, 0.1) is 23.4 Å². The van der Waals surface area contributed by atoms with Crippen molar-refractivity contribution in [2.24, 2.45) is 17.3 Å². The van der Waals surface area contributed by atoms with Crippen LogP contribution in [0.5, 0.6) is 0 Å². The van der Waals surface area contributed by atoms with Gasteiger partial charge in [0.25, 0.3) is 0 Å². The molecule has 2 N–H and O–H groups in total. The monoisotopic (exact) mass is 414 g/mol. The van der Waals surface area contributed by atoms with Crippen molar-refractivity contribution in [3.05, 3.63) is 35.5 Å². The standard InChI is InChI=1S/C27H42O3/c1-18-20(16-21(28)17-23(18)29)10-9-19-8-6-14-26(4)22(19)11-12-24(26)27(5)15-7-13-25(2,3)30-27/h9-10,21-24,28-29H,1,6-8,11-17H2,2-5H3/b19-9+,20-10-/t21-,22-,23-,24-,26-,27-/m0/s1. The van der Waals surface area contributed by atoms with Crippen LogP contribution in [0.4, 0.5) is 0 Å². The maximum atomic E-state index is 10.2. The predicted octanol–water partition coefficient (Wildman–Crippen LogP) is 5.87. The number of ether oxygens (including phenoxy) is 1. The largest absolute Gasteiger partial charge is 0.393 e. The quantitative estimate of drug-likeness (QED) is 0.594. The minimum atomic E-state index is -0.613. The highest BCUT2D eigenvalue weighted by Gasteiger charge is 2.57. The highest BCUT2D eigenvalue weighted by molar-refractivity contribution is 5.38. The fraction of sp³-hybridized carbons (Fsp3) is 0.778. The Kier molecular flexibility index (Phi) is 5.87. The predicted molar refractivity (Wildman–Crippen MR) is 122 cm³/mol. The molecule has 0 aromatic rings. The molecule has 30 heavy (non-hydrogen) atoms. The number of aliphatic hydroxyl groups excluding tert-OH is 2. The molecule has 3 heteroatoms. The van der Waals surface area contributed by atoms with Crippen LogP contribution < -0.4 is 0 Å². The van der Waals surface area contributed by atoms with Gasteiger partial charge in [0.1, 0.15) is 0 Å². The number of hydrogen-bond acceptors (Lipinski definition) is 3. The van der Waals surface area contributed by atoms with Crippen molar-refractivity contribution >= 4 is 0 Å². The van der Waals surface area contributed by atoms with E-state index in [-0.39, 0.29) is 11.2 Å². The molecule has 4 fully saturated rings. The van der Waals surface area contributed by atoms with Crippen LogP contribution in [-0.4, -0.2) is 33.6 Å². The molecule has 1 aliphatic heterocycles. The molecule has 1 heterocycles. The smallest absolute Gasteiger partial charge is 0.0811 e. The summed E-state index contributed by atoms with van der Waals surface area (Å²) in [6.45, 7) is 13.5. The molecule has 0 spiro atoms. The summed E-state index contributed by atoms with van der Waals surface area (Å²) in [6.07, 6.45) is 14.2. The van der Waals surface area contributed by atoms with Crippen LogP contribution in [0.1, 0.15) is 91.9 Å². The summed E-state index contributed by atoms with van der Waals surface area (Å²) in [5, 5.41) is 20.2. The van der Waals surface area contributed by atoms with Gasteiger partial charge in [-0.2, -0.15) is 0 Å². The van der Waals surface area contributed by atoms with Crippen molar-refractivity contribution in [3.8, 4) is 0 Å². The molecule has 0 unspecified atom stereocenters. The summed E-state index contributed by atoms with van der Waals surface area (Å²) in [5.41, 5.74) is 3.62. The van der Waals surface area contributed by atoms with Gasteiger partial charge in [0.15, 0.2) is 0 Å². The van der Waals surface area contributed by atoms with E-state index >= 15 is 0 Å². The minimum absolute atomic E-state index is 0.0117. The second kappa shape index (κ2) is 7.90. The Balaban J connectivity index is 1.58. The van der Waals surface area contributed by atoms with Gasteiger partial charge < -0.3 is 14.9 Å².